The molecule has 0 aromatic heterocycles. The third kappa shape index (κ3) is 10.0. The summed E-state index contributed by atoms with van der Waals surface area (Å²) in [4.78, 5) is 37.7. The number of carbonyl (C=O) groups excluding carboxylic acids is 3. The third-order valence-electron chi connectivity index (χ3n) is 10.7. The lowest BCUT2D eigenvalue weighted by Gasteiger charge is -2.37. The number of para-hydroxylation sites is 1. The SMILES string of the molecule is CC1(C)[C@H](C(=O)OC(C#N)c2cccc(Oc3ccccc3)c2)[C@@H]1/C=C(\Cl)C(F)(F)F.CCOC(=O)OC1=C(c2cc(C)ccc2C)C(=O)N[C@]12CC[C@@H](OC)CC2. The van der Waals surface area contributed by atoms with E-state index in [2.05, 4.69) is 5.32 Å². The highest BCUT2D eigenvalue weighted by Gasteiger charge is 2.62. The number of allylic oxidation sites excluding steroid dienone is 2. The first kappa shape index (κ1) is 43.8. The van der Waals surface area contributed by atoms with Crippen molar-refractivity contribution < 1.29 is 51.2 Å². The maximum absolute atomic E-state index is 13.0. The van der Waals surface area contributed by atoms with Crippen LogP contribution in [0.5, 0.6) is 11.5 Å². The monoisotopic (exact) mass is 822 g/mol. The van der Waals surface area contributed by atoms with Crippen LogP contribution in [-0.2, 0) is 28.5 Å². The van der Waals surface area contributed by atoms with E-state index in [9.17, 15) is 32.8 Å². The van der Waals surface area contributed by atoms with Crippen LogP contribution in [0.15, 0.2) is 89.7 Å². The van der Waals surface area contributed by atoms with Gasteiger partial charge < -0.3 is 29.0 Å². The number of amides is 1. The summed E-state index contributed by atoms with van der Waals surface area (Å²) in [5.41, 5.74) is 2.15. The van der Waals surface area contributed by atoms with E-state index in [1.165, 1.54) is 0 Å². The zero-order valence-electron chi connectivity index (χ0n) is 33.1. The van der Waals surface area contributed by atoms with Crippen molar-refractivity contribution in [3.8, 4) is 17.6 Å². The molecular weight excluding hydrogens is 777 g/mol. The van der Waals surface area contributed by atoms with Crippen LogP contribution in [0.3, 0.4) is 0 Å². The molecule has 0 bridgehead atoms. The van der Waals surface area contributed by atoms with Crippen LogP contribution < -0.4 is 10.1 Å². The third-order valence-corrected chi connectivity index (χ3v) is 11.1. The molecule has 2 fully saturated rings. The number of nitrogens with one attached hydrogen (secondary N) is 1. The number of nitrogens with zero attached hydrogens (tertiary/aromatic N) is 1. The van der Waals surface area contributed by atoms with Gasteiger partial charge in [0.15, 0.2) is 0 Å². The van der Waals surface area contributed by atoms with E-state index < -0.39 is 52.2 Å². The molecule has 2 aliphatic carbocycles. The summed E-state index contributed by atoms with van der Waals surface area (Å²) in [6, 6.07) is 23.4. The molecule has 3 aromatic carbocycles. The second-order valence-electron chi connectivity index (χ2n) is 15.0. The fraction of sp³-hybridized carbons (Fsp3) is 0.409. The normalized spacial score (nSPS) is 20.2. The molecule has 6 rings (SSSR count). The minimum atomic E-state index is -4.68. The van der Waals surface area contributed by atoms with E-state index in [-0.39, 0.29) is 18.6 Å². The molecule has 1 heterocycles. The minimum Gasteiger partial charge on any atom is -0.457 e. The van der Waals surface area contributed by atoms with Crippen molar-refractivity contribution in [2.75, 3.05) is 13.7 Å². The Morgan fingerprint density at radius 1 is 1.02 bits per heavy atom. The standard InChI is InChI=1S/C23H19ClF3NO3.C21H27NO5/c1-22(2)17(12-19(24)23(25,26)27)20(22)21(29)31-18(13-28)14-7-6-10-16(11-14)30-15-8-4-3-5-9-15;1-5-26-20(24)27-18-17(16-12-13(2)6-7-14(16)3)19(23)22-21(18)10-8-15(25-4)9-11-21/h3-12,17-18,20H,1-2H3;6-7,12,15H,5,8-11H2,1-4H3,(H,22,23)/b19-12-;/t17-,18?,20-;15-,21+/m0./s1. The first-order chi connectivity index (χ1) is 27.4. The summed E-state index contributed by atoms with van der Waals surface area (Å²) in [6.45, 7) is 9.16. The van der Waals surface area contributed by atoms with Gasteiger partial charge in [0.05, 0.1) is 29.7 Å². The van der Waals surface area contributed by atoms with Gasteiger partial charge >= 0.3 is 18.3 Å². The Balaban J connectivity index is 0.000000223. The average Bonchev–Trinajstić information content (AvgIpc) is 3.63. The molecule has 1 unspecified atom stereocenters. The molecular formula is C44H46ClF3N2O8. The van der Waals surface area contributed by atoms with Crippen molar-refractivity contribution in [2.45, 2.75) is 84.2 Å². The zero-order chi connectivity index (χ0) is 42.4. The van der Waals surface area contributed by atoms with Crippen molar-refractivity contribution in [3.05, 3.63) is 112 Å². The molecule has 1 aliphatic heterocycles. The summed E-state index contributed by atoms with van der Waals surface area (Å²) in [7, 11) is 1.70. The van der Waals surface area contributed by atoms with Crippen molar-refractivity contribution in [2.24, 2.45) is 17.3 Å². The number of alkyl halides is 3. The number of rotatable bonds is 10. The summed E-state index contributed by atoms with van der Waals surface area (Å²) < 4.78 is 65.3. The van der Waals surface area contributed by atoms with Gasteiger partial charge in [-0.15, -0.1) is 0 Å². The van der Waals surface area contributed by atoms with Gasteiger partial charge in [-0.05, 0) is 93.2 Å². The van der Waals surface area contributed by atoms with Crippen LogP contribution in [0.4, 0.5) is 18.0 Å². The Kier molecular flexibility index (Phi) is 13.7. The van der Waals surface area contributed by atoms with Crippen molar-refractivity contribution in [3.63, 3.8) is 0 Å². The van der Waals surface area contributed by atoms with E-state index in [0.29, 0.717) is 41.2 Å². The Hall–Kier alpha value is -5.32. The van der Waals surface area contributed by atoms with Gasteiger partial charge in [-0.3, -0.25) is 9.59 Å². The van der Waals surface area contributed by atoms with Gasteiger partial charge in [-0.2, -0.15) is 18.4 Å². The number of hydrogen-bond donors (Lipinski definition) is 1. The molecule has 3 aromatic rings. The summed E-state index contributed by atoms with van der Waals surface area (Å²) in [5.74, 6) is -1.10. The average molecular weight is 823 g/mol. The number of carbonyl (C=O) groups is 3. The van der Waals surface area contributed by atoms with E-state index in [0.717, 1.165) is 35.6 Å². The zero-order valence-corrected chi connectivity index (χ0v) is 33.8. The van der Waals surface area contributed by atoms with Crippen molar-refractivity contribution >= 4 is 35.2 Å². The molecule has 308 valence electrons. The lowest BCUT2D eigenvalue weighted by atomic mass is 9.79. The predicted octanol–water partition coefficient (Wildman–Crippen LogP) is 10.2. The molecule has 58 heavy (non-hydrogen) atoms. The highest BCUT2D eigenvalue weighted by atomic mass is 35.5. The maximum atomic E-state index is 13.0. The molecule has 3 atom stereocenters. The van der Waals surface area contributed by atoms with Crippen molar-refractivity contribution in [1.29, 1.82) is 5.26 Å². The number of nitriles is 1. The molecule has 14 heteroatoms. The first-order valence-electron chi connectivity index (χ1n) is 18.8. The molecule has 10 nitrogen and oxygen atoms in total. The fourth-order valence-corrected chi connectivity index (χ4v) is 7.53. The number of methoxy groups -OCH3 is 1. The number of ether oxygens (including phenoxy) is 5. The number of esters is 1. The van der Waals surface area contributed by atoms with Gasteiger partial charge in [-0.1, -0.05) is 85.6 Å². The van der Waals surface area contributed by atoms with Crippen molar-refractivity contribution in [1.82, 2.24) is 5.32 Å². The molecule has 3 aliphatic rings. The van der Waals surface area contributed by atoms with Gasteiger partial charge in [0.25, 0.3) is 5.91 Å². The fourth-order valence-electron chi connectivity index (χ4n) is 7.40. The maximum Gasteiger partial charge on any atom is 0.513 e. The number of aryl methyl sites for hydroxylation is 2. The quantitative estimate of drug-likeness (QED) is 0.198. The summed E-state index contributed by atoms with van der Waals surface area (Å²) in [5, 5.41) is 11.3. The molecule has 2 saturated carbocycles. The lowest BCUT2D eigenvalue weighted by molar-refractivity contribution is -0.149. The topological polar surface area (TPSA) is 133 Å². The number of hydrogen-bond acceptors (Lipinski definition) is 9. The summed E-state index contributed by atoms with van der Waals surface area (Å²) >= 11 is 5.32. The van der Waals surface area contributed by atoms with Crippen LogP contribution in [0.1, 0.15) is 74.8 Å². The first-order valence-corrected chi connectivity index (χ1v) is 19.2. The molecule has 0 saturated heterocycles. The van der Waals surface area contributed by atoms with E-state index in [1.54, 1.807) is 64.3 Å². The van der Waals surface area contributed by atoms with Crippen LogP contribution in [0.25, 0.3) is 5.57 Å². The molecule has 1 N–H and O–H groups in total. The van der Waals surface area contributed by atoms with E-state index in [1.807, 2.05) is 56.3 Å². The molecule has 1 spiro atoms. The van der Waals surface area contributed by atoms with Gasteiger partial charge in [-0.25, -0.2) is 4.79 Å². The highest BCUT2D eigenvalue weighted by Crippen LogP contribution is 2.61. The van der Waals surface area contributed by atoms with E-state index in [4.69, 9.17) is 35.3 Å². The van der Waals surface area contributed by atoms with E-state index >= 15 is 0 Å². The smallest absolute Gasteiger partial charge is 0.457 e. The highest BCUT2D eigenvalue weighted by molar-refractivity contribution is 6.30. The second-order valence-corrected chi connectivity index (χ2v) is 15.5. The van der Waals surface area contributed by atoms with Gasteiger partial charge in [0.1, 0.15) is 28.4 Å². The van der Waals surface area contributed by atoms with Crippen LogP contribution in [-0.4, -0.2) is 49.6 Å². The van der Waals surface area contributed by atoms with Gasteiger partial charge in [0, 0.05) is 12.7 Å². The Bertz CT molecular complexity index is 2100. The van der Waals surface area contributed by atoms with Gasteiger partial charge in [0.2, 0.25) is 6.10 Å². The minimum absolute atomic E-state index is 0.154. The Morgan fingerprint density at radius 2 is 1.69 bits per heavy atom. The largest absolute Gasteiger partial charge is 0.513 e. The molecule has 0 radical (unpaired) electrons. The number of halogens is 4. The molecule has 1 amide bonds. The van der Waals surface area contributed by atoms with Crippen LogP contribution in [0.2, 0.25) is 0 Å². The second kappa shape index (κ2) is 18.1. The van der Waals surface area contributed by atoms with Crippen LogP contribution in [0, 0.1) is 42.4 Å². The number of benzene rings is 3. The Morgan fingerprint density at radius 3 is 2.31 bits per heavy atom. The lowest BCUT2D eigenvalue weighted by Crippen LogP contribution is -2.49. The van der Waals surface area contributed by atoms with Crippen LogP contribution >= 0.6 is 11.6 Å². The Labute approximate surface area is 340 Å². The predicted molar refractivity (Wildman–Crippen MR) is 209 cm³/mol. The summed E-state index contributed by atoms with van der Waals surface area (Å²) in [6.07, 6.45) is -2.82.